The highest BCUT2D eigenvalue weighted by molar-refractivity contribution is 7.89. The molecule has 0 amide bonds. The van der Waals surface area contributed by atoms with Crippen LogP contribution in [0.1, 0.15) is 30.1 Å². The summed E-state index contributed by atoms with van der Waals surface area (Å²) in [6.45, 7) is 3.05. The second kappa shape index (κ2) is 7.42. The molecule has 1 aliphatic heterocycles. The Morgan fingerprint density at radius 1 is 1.30 bits per heavy atom. The molecule has 1 aromatic carbocycles. The van der Waals surface area contributed by atoms with E-state index in [-0.39, 0.29) is 10.9 Å². The number of likely N-dealkylation sites (N-methyl/N-ethyl adjacent to an activating group) is 1. The van der Waals surface area contributed by atoms with E-state index >= 15 is 0 Å². The summed E-state index contributed by atoms with van der Waals surface area (Å²) in [5.74, 6) is -0.443. The van der Waals surface area contributed by atoms with Crippen molar-refractivity contribution in [3.63, 3.8) is 0 Å². The van der Waals surface area contributed by atoms with Crippen LogP contribution in [-0.4, -0.2) is 63.4 Å². The van der Waals surface area contributed by atoms with Gasteiger partial charge in [0.15, 0.2) is 0 Å². The van der Waals surface area contributed by atoms with Crippen molar-refractivity contribution in [1.82, 2.24) is 9.21 Å². The number of ether oxygens (including phenoxy) is 1. The first kappa shape index (κ1) is 17.9. The van der Waals surface area contributed by atoms with Crippen molar-refractivity contribution in [3.05, 3.63) is 29.8 Å². The van der Waals surface area contributed by atoms with Crippen LogP contribution in [0.2, 0.25) is 0 Å². The highest BCUT2D eigenvalue weighted by Gasteiger charge is 2.31. The third-order valence-corrected chi connectivity index (χ3v) is 5.97. The summed E-state index contributed by atoms with van der Waals surface area (Å²) < 4.78 is 31.9. The first-order valence-corrected chi connectivity index (χ1v) is 9.24. The van der Waals surface area contributed by atoms with Crippen molar-refractivity contribution >= 4 is 16.0 Å². The number of rotatable bonds is 5. The van der Waals surface area contributed by atoms with E-state index < -0.39 is 16.0 Å². The lowest BCUT2D eigenvalue weighted by molar-refractivity contribution is 0.0526. The monoisotopic (exact) mass is 340 g/mol. The Kier molecular flexibility index (Phi) is 5.78. The molecule has 0 N–H and O–H groups in total. The van der Waals surface area contributed by atoms with Crippen LogP contribution in [0.4, 0.5) is 0 Å². The summed E-state index contributed by atoms with van der Waals surface area (Å²) in [5, 5.41) is 0. The molecule has 0 aliphatic carbocycles. The SMILES string of the molecule is CCOC(=O)c1ccc(S(=O)(=O)N2CCC[C@@H](N(C)C)C2)cc1. The van der Waals surface area contributed by atoms with Gasteiger partial charge < -0.3 is 9.64 Å². The maximum absolute atomic E-state index is 12.8. The molecule has 1 heterocycles. The smallest absolute Gasteiger partial charge is 0.338 e. The van der Waals surface area contributed by atoms with Crippen molar-refractivity contribution in [2.24, 2.45) is 0 Å². The number of sulfonamides is 1. The predicted octanol–water partition coefficient (Wildman–Crippen LogP) is 1.58. The molecule has 1 saturated heterocycles. The number of hydrogen-bond donors (Lipinski definition) is 0. The van der Waals surface area contributed by atoms with Crippen molar-refractivity contribution in [3.8, 4) is 0 Å². The third-order valence-electron chi connectivity index (χ3n) is 4.09. The van der Waals surface area contributed by atoms with E-state index in [1.807, 2.05) is 14.1 Å². The van der Waals surface area contributed by atoms with Gasteiger partial charge in [0.1, 0.15) is 0 Å². The maximum Gasteiger partial charge on any atom is 0.338 e. The molecule has 1 aliphatic rings. The summed E-state index contributed by atoms with van der Waals surface area (Å²) in [7, 11) is 0.406. The molecular weight excluding hydrogens is 316 g/mol. The molecule has 1 fully saturated rings. The fourth-order valence-corrected chi connectivity index (χ4v) is 4.20. The fourth-order valence-electron chi connectivity index (χ4n) is 2.69. The number of piperidine rings is 1. The van der Waals surface area contributed by atoms with Gasteiger partial charge >= 0.3 is 5.97 Å². The van der Waals surface area contributed by atoms with Gasteiger partial charge in [-0.1, -0.05) is 0 Å². The number of esters is 1. The first-order chi connectivity index (χ1) is 10.9. The van der Waals surface area contributed by atoms with Crippen LogP contribution < -0.4 is 0 Å². The average molecular weight is 340 g/mol. The minimum atomic E-state index is -3.53. The third kappa shape index (κ3) is 4.10. The molecule has 0 bridgehead atoms. The lowest BCUT2D eigenvalue weighted by Gasteiger charge is -2.35. The van der Waals surface area contributed by atoms with Crippen LogP contribution >= 0.6 is 0 Å². The Hall–Kier alpha value is -1.44. The molecule has 7 heteroatoms. The van der Waals surface area contributed by atoms with Crippen molar-refractivity contribution in [2.75, 3.05) is 33.8 Å². The Morgan fingerprint density at radius 2 is 1.96 bits per heavy atom. The van der Waals surface area contributed by atoms with Crippen LogP contribution in [-0.2, 0) is 14.8 Å². The van der Waals surface area contributed by atoms with Crippen LogP contribution in [0.25, 0.3) is 0 Å². The molecule has 0 radical (unpaired) electrons. The second-order valence-corrected chi connectivity index (χ2v) is 7.81. The molecule has 6 nitrogen and oxygen atoms in total. The number of hydrogen-bond acceptors (Lipinski definition) is 5. The normalized spacial score (nSPS) is 19.7. The minimum Gasteiger partial charge on any atom is -0.462 e. The average Bonchev–Trinajstić information content (AvgIpc) is 2.55. The van der Waals surface area contributed by atoms with Gasteiger partial charge in [-0.05, 0) is 58.1 Å². The maximum atomic E-state index is 12.8. The van der Waals surface area contributed by atoms with Crippen molar-refractivity contribution in [2.45, 2.75) is 30.7 Å². The van der Waals surface area contributed by atoms with Crippen molar-refractivity contribution < 1.29 is 17.9 Å². The zero-order valence-electron chi connectivity index (χ0n) is 13.9. The van der Waals surface area contributed by atoms with E-state index in [0.717, 1.165) is 12.8 Å². The van der Waals surface area contributed by atoms with Gasteiger partial charge in [-0.25, -0.2) is 13.2 Å². The van der Waals surface area contributed by atoms with Crippen LogP contribution in [0, 0.1) is 0 Å². The van der Waals surface area contributed by atoms with E-state index in [1.54, 1.807) is 6.92 Å². The summed E-state index contributed by atoms with van der Waals surface area (Å²) in [6, 6.07) is 6.18. The molecule has 0 saturated carbocycles. The fraction of sp³-hybridized carbons (Fsp3) is 0.562. The number of carbonyl (C=O) groups excluding carboxylic acids is 1. The number of carbonyl (C=O) groups is 1. The molecule has 0 unspecified atom stereocenters. The summed E-state index contributed by atoms with van der Waals surface area (Å²) in [4.78, 5) is 13.9. The standard InChI is InChI=1S/C16H24N2O4S/c1-4-22-16(19)13-7-9-15(10-8-13)23(20,21)18-11-5-6-14(12-18)17(2)3/h7-10,14H,4-6,11-12H2,1-3H3/t14-/m1/s1. The molecule has 1 atom stereocenters. The lowest BCUT2D eigenvalue weighted by Crippen LogP contribution is -2.47. The molecular formula is C16H24N2O4S. The highest BCUT2D eigenvalue weighted by atomic mass is 32.2. The van der Waals surface area contributed by atoms with E-state index in [2.05, 4.69) is 4.90 Å². The van der Waals surface area contributed by atoms with E-state index in [4.69, 9.17) is 4.74 Å². The number of nitrogens with zero attached hydrogens (tertiary/aromatic N) is 2. The van der Waals surface area contributed by atoms with Gasteiger partial charge in [0.2, 0.25) is 10.0 Å². The van der Waals surface area contributed by atoms with Gasteiger partial charge in [-0.15, -0.1) is 0 Å². The van der Waals surface area contributed by atoms with E-state index in [1.165, 1.54) is 28.6 Å². The molecule has 23 heavy (non-hydrogen) atoms. The number of benzene rings is 1. The Labute approximate surface area is 138 Å². The summed E-state index contributed by atoms with van der Waals surface area (Å²) in [5.41, 5.74) is 0.357. The molecule has 1 aromatic rings. The summed E-state index contributed by atoms with van der Waals surface area (Å²) >= 11 is 0. The quantitative estimate of drug-likeness (QED) is 0.761. The summed E-state index contributed by atoms with van der Waals surface area (Å²) in [6.07, 6.45) is 1.85. The van der Waals surface area contributed by atoms with Gasteiger partial charge in [0.25, 0.3) is 0 Å². The molecule has 0 spiro atoms. The van der Waals surface area contributed by atoms with E-state index in [9.17, 15) is 13.2 Å². The molecule has 128 valence electrons. The zero-order chi connectivity index (χ0) is 17.0. The topological polar surface area (TPSA) is 66.9 Å². The minimum absolute atomic E-state index is 0.213. The largest absolute Gasteiger partial charge is 0.462 e. The molecule has 2 rings (SSSR count). The van der Waals surface area contributed by atoms with Gasteiger partial charge in [0, 0.05) is 19.1 Å². The van der Waals surface area contributed by atoms with Crippen molar-refractivity contribution in [1.29, 1.82) is 0 Å². The second-order valence-electron chi connectivity index (χ2n) is 5.87. The first-order valence-electron chi connectivity index (χ1n) is 7.80. The highest BCUT2D eigenvalue weighted by Crippen LogP contribution is 2.22. The van der Waals surface area contributed by atoms with Gasteiger partial charge in [-0.2, -0.15) is 4.31 Å². The lowest BCUT2D eigenvalue weighted by atomic mass is 10.1. The van der Waals surface area contributed by atoms with E-state index in [0.29, 0.717) is 25.3 Å². The Balaban J connectivity index is 2.17. The predicted molar refractivity (Wildman–Crippen MR) is 87.9 cm³/mol. The zero-order valence-corrected chi connectivity index (χ0v) is 14.7. The van der Waals surface area contributed by atoms with Gasteiger partial charge in [0.05, 0.1) is 17.1 Å². The Morgan fingerprint density at radius 3 is 2.52 bits per heavy atom. The van der Waals surface area contributed by atoms with Crippen LogP contribution in [0.15, 0.2) is 29.2 Å². The Bertz CT molecular complexity index is 641. The van der Waals surface area contributed by atoms with Gasteiger partial charge in [-0.3, -0.25) is 0 Å². The van der Waals surface area contributed by atoms with Crippen LogP contribution in [0.5, 0.6) is 0 Å². The van der Waals surface area contributed by atoms with Crippen LogP contribution in [0.3, 0.4) is 0 Å². The molecule has 0 aromatic heterocycles.